The Morgan fingerprint density at radius 1 is 0.931 bits per heavy atom. The van der Waals surface area contributed by atoms with Crippen LogP contribution in [0.4, 0.5) is 11.5 Å². The van der Waals surface area contributed by atoms with Crippen LogP contribution < -0.4 is 9.80 Å². The first-order chi connectivity index (χ1) is 13.7. The summed E-state index contributed by atoms with van der Waals surface area (Å²) in [5.41, 5.74) is 3.77. The zero-order valence-electron chi connectivity index (χ0n) is 16.1. The summed E-state index contributed by atoms with van der Waals surface area (Å²) < 4.78 is 6.17. The zero-order valence-corrected chi connectivity index (χ0v) is 17.7. The maximum absolute atomic E-state index is 6.17. The number of benzene rings is 2. The molecule has 4 aromatic rings. The standard InChI is InChI=1S/C22H21ClN4O.ClH/c1-2-19-24-20-17-5-3-4-6-18(17)28-21(20)22(25-19)27-13-11-26(12-14-27)16-9-7-15(23)8-10-16;/h3-10H,2,11-14H2,1H3;1H. The van der Waals surface area contributed by atoms with Gasteiger partial charge in [-0.1, -0.05) is 30.7 Å². The van der Waals surface area contributed by atoms with E-state index in [2.05, 4.69) is 34.9 Å². The van der Waals surface area contributed by atoms with Crippen molar-refractivity contribution in [3.8, 4) is 0 Å². The van der Waals surface area contributed by atoms with Gasteiger partial charge in [0.25, 0.3) is 0 Å². The Bertz CT molecular complexity index is 1130. The summed E-state index contributed by atoms with van der Waals surface area (Å²) in [5.74, 6) is 1.77. The molecule has 150 valence electrons. The second-order valence-electron chi connectivity index (χ2n) is 7.04. The van der Waals surface area contributed by atoms with Gasteiger partial charge in [-0.2, -0.15) is 0 Å². The number of para-hydroxylation sites is 1. The average Bonchev–Trinajstić information content (AvgIpc) is 3.12. The number of rotatable bonds is 3. The number of piperazine rings is 1. The highest BCUT2D eigenvalue weighted by Crippen LogP contribution is 2.33. The minimum atomic E-state index is 0. The van der Waals surface area contributed by atoms with Crippen molar-refractivity contribution in [2.45, 2.75) is 13.3 Å². The lowest BCUT2D eigenvalue weighted by Gasteiger charge is -2.36. The fraction of sp³-hybridized carbons (Fsp3) is 0.273. The third-order valence-electron chi connectivity index (χ3n) is 5.34. The van der Waals surface area contributed by atoms with Crippen LogP contribution >= 0.6 is 24.0 Å². The molecule has 1 saturated heterocycles. The minimum Gasteiger partial charge on any atom is -0.450 e. The molecule has 3 heterocycles. The van der Waals surface area contributed by atoms with Gasteiger partial charge in [0.05, 0.1) is 0 Å². The molecule has 0 amide bonds. The predicted molar refractivity (Wildman–Crippen MR) is 122 cm³/mol. The molecule has 7 heteroatoms. The van der Waals surface area contributed by atoms with Crippen LogP contribution in [0.1, 0.15) is 12.7 Å². The number of aromatic nitrogens is 2. The van der Waals surface area contributed by atoms with Gasteiger partial charge in [-0.05, 0) is 36.4 Å². The van der Waals surface area contributed by atoms with E-state index < -0.39 is 0 Å². The molecule has 0 unspecified atom stereocenters. The molecular weight excluding hydrogens is 407 g/mol. The predicted octanol–water partition coefficient (Wildman–Crippen LogP) is 5.34. The van der Waals surface area contributed by atoms with Crippen molar-refractivity contribution >= 4 is 57.6 Å². The summed E-state index contributed by atoms with van der Waals surface area (Å²) >= 11 is 6.02. The quantitative estimate of drug-likeness (QED) is 0.440. The van der Waals surface area contributed by atoms with E-state index in [1.807, 2.05) is 30.3 Å². The summed E-state index contributed by atoms with van der Waals surface area (Å²) in [6.45, 7) is 5.71. The fourth-order valence-corrected chi connectivity index (χ4v) is 3.95. The van der Waals surface area contributed by atoms with Gasteiger partial charge in [-0.3, -0.25) is 0 Å². The van der Waals surface area contributed by atoms with E-state index in [-0.39, 0.29) is 12.4 Å². The molecule has 0 saturated carbocycles. The van der Waals surface area contributed by atoms with E-state index in [4.69, 9.17) is 26.0 Å². The van der Waals surface area contributed by atoms with Gasteiger partial charge in [-0.25, -0.2) is 9.97 Å². The second kappa shape index (κ2) is 8.09. The third kappa shape index (κ3) is 3.61. The Kier molecular flexibility index (Phi) is 5.52. The van der Waals surface area contributed by atoms with Gasteiger partial charge >= 0.3 is 0 Å². The van der Waals surface area contributed by atoms with Crippen LogP contribution in [0, 0.1) is 0 Å². The summed E-state index contributed by atoms with van der Waals surface area (Å²) in [6, 6.07) is 16.1. The number of hydrogen-bond donors (Lipinski definition) is 0. The Labute approximate surface area is 180 Å². The lowest BCUT2D eigenvalue weighted by atomic mass is 10.2. The van der Waals surface area contributed by atoms with Gasteiger partial charge < -0.3 is 14.2 Å². The molecular formula is C22H22Cl2N4O. The number of aryl methyl sites for hydroxylation is 1. The lowest BCUT2D eigenvalue weighted by Crippen LogP contribution is -2.47. The normalized spacial score (nSPS) is 14.4. The van der Waals surface area contributed by atoms with E-state index in [0.717, 1.165) is 71.3 Å². The maximum Gasteiger partial charge on any atom is 0.196 e. The van der Waals surface area contributed by atoms with Crippen LogP contribution in [0.15, 0.2) is 52.9 Å². The largest absolute Gasteiger partial charge is 0.450 e. The topological polar surface area (TPSA) is 45.4 Å². The first-order valence-electron chi connectivity index (χ1n) is 9.66. The van der Waals surface area contributed by atoms with Crippen LogP contribution in [0.2, 0.25) is 5.02 Å². The van der Waals surface area contributed by atoms with E-state index in [1.54, 1.807) is 0 Å². The monoisotopic (exact) mass is 428 g/mol. The molecule has 29 heavy (non-hydrogen) atoms. The third-order valence-corrected chi connectivity index (χ3v) is 5.59. The number of furan rings is 1. The van der Waals surface area contributed by atoms with Crippen molar-refractivity contribution in [3.05, 3.63) is 59.4 Å². The van der Waals surface area contributed by atoms with Crippen molar-refractivity contribution in [1.82, 2.24) is 9.97 Å². The minimum absolute atomic E-state index is 0. The highest BCUT2D eigenvalue weighted by molar-refractivity contribution is 6.30. The number of fused-ring (bicyclic) bond motifs is 3. The highest BCUT2D eigenvalue weighted by Gasteiger charge is 2.24. The lowest BCUT2D eigenvalue weighted by molar-refractivity contribution is 0.627. The van der Waals surface area contributed by atoms with Crippen molar-refractivity contribution < 1.29 is 4.42 Å². The van der Waals surface area contributed by atoms with Crippen LogP contribution in [-0.4, -0.2) is 36.1 Å². The first-order valence-corrected chi connectivity index (χ1v) is 10.0. The Morgan fingerprint density at radius 2 is 1.62 bits per heavy atom. The Balaban J connectivity index is 0.00000205. The number of halogens is 2. The number of hydrogen-bond acceptors (Lipinski definition) is 5. The van der Waals surface area contributed by atoms with E-state index in [1.165, 1.54) is 5.69 Å². The maximum atomic E-state index is 6.17. The Hall–Kier alpha value is -2.50. The molecule has 1 aliphatic rings. The molecule has 0 N–H and O–H groups in total. The van der Waals surface area contributed by atoms with E-state index in [0.29, 0.717) is 0 Å². The second-order valence-corrected chi connectivity index (χ2v) is 7.48. The fourth-order valence-electron chi connectivity index (χ4n) is 3.82. The number of nitrogens with zero attached hydrogens (tertiary/aromatic N) is 4. The molecule has 0 aliphatic carbocycles. The van der Waals surface area contributed by atoms with Gasteiger partial charge in [0.1, 0.15) is 16.9 Å². The molecule has 2 aromatic carbocycles. The molecule has 0 spiro atoms. The van der Waals surface area contributed by atoms with E-state index in [9.17, 15) is 0 Å². The molecule has 1 aliphatic heterocycles. The van der Waals surface area contributed by atoms with Crippen LogP contribution in [0.5, 0.6) is 0 Å². The van der Waals surface area contributed by atoms with Crippen molar-refractivity contribution in [2.75, 3.05) is 36.0 Å². The van der Waals surface area contributed by atoms with Gasteiger partial charge in [0.15, 0.2) is 11.4 Å². The highest BCUT2D eigenvalue weighted by atomic mass is 35.5. The molecule has 5 rings (SSSR count). The van der Waals surface area contributed by atoms with Gasteiger partial charge in [-0.15, -0.1) is 12.4 Å². The molecule has 5 nitrogen and oxygen atoms in total. The van der Waals surface area contributed by atoms with Crippen LogP contribution in [-0.2, 0) is 6.42 Å². The molecule has 1 fully saturated rings. The number of anilines is 2. The van der Waals surface area contributed by atoms with Crippen molar-refractivity contribution in [1.29, 1.82) is 0 Å². The van der Waals surface area contributed by atoms with Gasteiger partial charge in [0.2, 0.25) is 0 Å². The summed E-state index contributed by atoms with van der Waals surface area (Å²) in [7, 11) is 0. The van der Waals surface area contributed by atoms with Crippen molar-refractivity contribution in [2.24, 2.45) is 0 Å². The van der Waals surface area contributed by atoms with Crippen molar-refractivity contribution in [3.63, 3.8) is 0 Å². The average molecular weight is 429 g/mol. The van der Waals surface area contributed by atoms with Gasteiger partial charge in [0, 0.05) is 48.7 Å². The SMILES string of the molecule is CCc1nc(N2CCN(c3ccc(Cl)cc3)CC2)c2oc3ccccc3c2n1.Cl. The van der Waals surface area contributed by atoms with Crippen LogP contribution in [0.25, 0.3) is 22.1 Å². The zero-order chi connectivity index (χ0) is 19.1. The summed E-state index contributed by atoms with van der Waals surface area (Å²) in [6.07, 6.45) is 0.799. The molecule has 0 atom stereocenters. The van der Waals surface area contributed by atoms with Crippen LogP contribution in [0.3, 0.4) is 0 Å². The summed E-state index contributed by atoms with van der Waals surface area (Å²) in [5, 5.41) is 1.82. The Morgan fingerprint density at radius 3 is 2.34 bits per heavy atom. The molecule has 2 aromatic heterocycles. The smallest absolute Gasteiger partial charge is 0.196 e. The first kappa shape index (κ1) is 19.8. The molecule has 0 bridgehead atoms. The molecule has 0 radical (unpaired) electrons. The summed E-state index contributed by atoms with van der Waals surface area (Å²) in [4.78, 5) is 14.3. The van der Waals surface area contributed by atoms with E-state index >= 15 is 0 Å².